The van der Waals surface area contributed by atoms with Crippen molar-refractivity contribution in [3.63, 3.8) is 0 Å². The van der Waals surface area contributed by atoms with E-state index in [1.165, 1.54) is 4.57 Å². The van der Waals surface area contributed by atoms with Crippen molar-refractivity contribution in [2.45, 2.75) is 32.2 Å². The van der Waals surface area contributed by atoms with Crippen LogP contribution in [0.15, 0.2) is 23.0 Å². The van der Waals surface area contributed by atoms with Crippen molar-refractivity contribution >= 4 is 28.2 Å². The Hall–Kier alpha value is -2.50. The number of Topliss-reactive ketones (excluding diaryl/α,β-unsaturated/α-hetero) is 2. The maximum absolute atomic E-state index is 12.8. The van der Waals surface area contributed by atoms with E-state index in [0.717, 1.165) is 0 Å². The standard InChI is InChI=1S/C15H15N3O3/c1-8-17-11-4-2-3-10(16)14(11)15(21)18(8)12-6-5-9(19)7-13(12)20/h2-4,12H,5-7,16H2,1H3/i1D. The van der Waals surface area contributed by atoms with Crippen molar-refractivity contribution in [2.75, 3.05) is 5.73 Å². The molecular formula is C15H15N3O3. The lowest BCUT2D eigenvalue weighted by molar-refractivity contribution is -0.132. The van der Waals surface area contributed by atoms with Crippen LogP contribution in [0.4, 0.5) is 5.69 Å². The zero-order chi connectivity index (χ0) is 15.9. The quantitative estimate of drug-likeness (QED) is 0.626. The van der Waals surface area contributed by atoms with Crippen LogP contribution in [0.25, 0.3) is 10.9 Å². The number of aromatic nitrogens is 2. The molecule has 0 bridgehead atoms. The van der Waals surface area contributed by atoms with E-state index in [4.69, 9.17) is 7.10 Å². The van der Waals surface area contributed by atoms with Gasteiger partial charge in [-0.15, -0.1) is 0 Å². The van der Waals surface area contributed by atoms with Crippen LogP contribution in [0.1, 0.15) is 32.5 Å². The van der Waals surface area contributed by atoms with Crippen LogP contribution in [0, 0.1) is 6.90 Å². The normalized spacial score (nSPS) is 19.8. The van der Waals surface area contributed by atoms with Gasteiger partial charge in [-0.25, -0.2) is 4.98 Å². The first kappa shape index (κ1) is 12.3. The lowest BCUT2D eigenvalue weighted by Gasteiger charge is -2.24. The molecule has 1 unspecified atom stereocenters. The highest BCUT2D eigenvalue weighted by Crippen LogP contribution is 2.24. The van der Waals surface area contributed by atoms with Gasteiger partial charge in [-0.05, 0) is 25.5 Å². The average molecular weight is 286 g/mol. The highest BCUT2D eigenvalue weighted by atomic mass is 16.2. The fourth-order valence-electron chi connectivity index (χ4n) is 2.77. The first-order chi connectivity index (χ1) is 10.5. The topological polar surface area (TPSA) is 95.0 Å². The van der Waals surface area contributed by atoms with Gasteiger partial charge < -0.3 is 5.73 Å². The SMILES string of the molecule is [2H]Cc1nc2cccc(N)c2c(=O)n1C1CCC(=O)CC1=O. The summed E-state index contributed by atoms with van der Waals surface area (Å²) in [5, 5.41) is 0.254. The first-order valence-electron chi connectivity index (χ1n) is 7.37. The summed E-state index contributed by atoms with van der Waals surface area (Å²) in [6.07, 6.45) is 0.351. The molecule has 1 saturated carbocycles. The van der Waals surface area contributed by atoms with E-state index >= 15 is 0 Å². The number of ketones is 2. The summed E-state index contributed by atoms with van der Waals surface area (Å²) in [6, 6.07) is 4.21. The van der Waals surface area contributed by atoms with Crippen molar-refractivity contribution in [2.24, 2.45) is 0 Å². The van der Waals surface area contributed by atoms with E-state index in [0.29, 0.717) is 11.2 Å². The number of rotatable bonds is 1. The number of nitrogens with two attached hydrogens (primary N) is 1. The van der Waals surface area contributed by atoms with Crippen molar-refractivity contribution in [3.8, 4) is 0 Å². The van der Waals surface area contributed by atoms with Crippen molar-refractivity contribution < 1.29 is 11.0 Å². The van der Waals surface area contributed by atoms with E-state index in [1.807, 2.05) is 0 Å². The summed E-state index contributed by atoms with van der Waals surface area (Å²) < 4.78 is 8.85. The molecule has 1 heterocycles. The summed E-state index contributed by atoms with van der Waals surface area (Å²) in [5.41, 5.74) is 6.16. The fraction of sp³-hybridized carbons (Fsp3) is 0.333. The molecule has 0 spiro atoms. The summed E-state index contributed by atoms with van der Waals surface area (Å²) in [5.74, 6) is -0.200. The Balaban J connectivity index is 2.26. The number of nitrogens with zero attached hydrogens (tertiary/aromatic N) is 2. The largest absolute Gasteiger partial charge is 0.398 e. The number of benzene rings is 1. The van der Waals surface area contributed by atoms with Crippen molar-refractivity contribution in [1.82, 2.24) is 9.55 Å². The smallest absolute Gasteiger partial charge is 0.264 e. The molecule has 0 amide bonds. The fourth-order valence-corrected chi connectivity index (χ4v) is 2.77. The number of anilines is 1. The van der Waals surface area contributed by atoms with Gasteiger partial charge in [0.15, 0.2) is 5.78 Å². The van der Waals surface area contributed by atoms with E-state index in [1.54, 1.807) is 18.2 Å². The van der Waals surface area contributed by atoms with Gasteiger partial charge in [0.2, 0.25) is 0 Å². The molecule has 2 N–H and O–H groups in total. The second-order valence-corrected chi connectivity index (χ2v) is 5.18. The molecule has 0 radical (unpaired) electrons. The van der Waals surface area contributed by atoms with Crippen LogP contribution < -0.4 is 11.3 Å². The summed E-state index contributed by atoms with van der Waals surface area (Å²) in [6.45, 7) is -0.224. The molecule has 1 atom stereocenters. The summed E-state index contributed by atoms with van der Waals surface area (Å²) in [7, 11) is 0. The molecule has 1 aromatic carbocycles. The highest BCUT2D eigenvalue weighted by molar-refractivity contribution is 6.03. The molecule has 3 rings (SSSR count). The molecule has 0 aliphatic heterocycles. The van der Waals surface area contributed by atoms with Crippen LogP contribution in [0.3, 0.4) is 0 Å². The number of carbonyl (C=O) groups is 2. The second kappa shape index (κ2) is 4.80. The molecule has 1 aliphatic carbocycles. The zero-order valence-corrected chi connectivity index (χ0v) is 11.3. The molecule has 21 heavy (non-hydrogen) atoms. The lowest BCUT2D eigenvalue weighted by atomic mass is 9.92. The highest BCUT2D eigenvalue weighted by Gasteiger charge is 2.30. The number of hydrogen-bond acceptors (Lipinski definition) is 5. The van der Waals surface area contributed by atoms with Crippen LogP contribution in [0.2, 0.25) is 0 Å². The number of fused-ring (bicyclic) bond motifs is 1. The van der Waals surface area contributed by atoms with E-state index in [9.17, 15) is 14.4 Å². The van der Waals surface area contributed by atoms with Gasteiger partial charge >= 0.3 is 0 Å². The van der Waals surface area contributed by atoms with Crippen LogP contribution >= 0.6 is 0 Å². The van der Waals surface area contributed by atoms with Gasteiger partial charge in [-0.2, -0.15) is 0 Å². The molecule has 108 valence electrons. The van der Waals surface area contributed by atoms with Gasteiger partial charge in [0.05, 0.1) is 23.4 Å². The number of aryl methyl sites for hydroxylation is 1. The third kappa shape index (κ3) is 2.12. The maximum atomic E-state index is 12.8. The van der Waals surface area contributed by atoms with E-state index in [2.05, 4.69) is 4.98 Å². The third-order valence-electron chi connectivity index (χ3n) is 3.79. The number of carbonyl (C=O) groups excluding carboxylic acids is 2. The number of hydrogen-bond donors (Lipinski definition) is 1. The molecule has 1 aliphatic rings. The molecular weight excluding hydrogens is 270 g/mol. The van der Waals surface area contributed by atoms with E-state index in [-0.39, 0.29) is 48.9 Å². The molecule has 6 nitrogen and oxygen atoms in total. The van der Waals surface area contributed by atoms with Crippen molar-refractivity contribution in [1.29, 1.82) is 0 Å². The van der Waals surface area contributed by atoms with Crippen LogP contribution in [0.5, 0.6) is 0 Å². The molecule has 0 saturated heterocycles. The van der Waals surface area contributed by atoms with E-state index < -0.39 is 11.6 Å². The monoisotopic (exact) mass is 286 g/mol. The Morgan fingerprint density at radius 1 is 1.38 bits per heavy atom. The summed E-state index contributed by atoms with van der Waals surface area (Å²) in [4.78, 5) is 40.6. The minimum atomic E-state index is -0.734. The predicted molar refractivity (Wildman–Crippen MR) is 78.1 cm³/mol. The van der Waals surface area contributed by atoms with Gasteiger partial charge in [0, 0.05) is 13.5 Å². The third-order valence-corrected chi connectivity index (χ3v) is 3.79. The second-order valence-electron chi connectivity index (χ2n) is 5.18. The molecule has 6 heteroatoms. The van der Waals surface area contributed by atoms with Crippen LogP contribution in [-0.4, -0.2) is 21.1 Å². The Kier molecular flexibility index (Phi) is 2.80. The Morgan fingerprint density at radius 2 is 2.19 bits per heavy atom. The van der Waals surface area contributed by atoms with Gasteiger partial charge in [-0.3, -0.25) is 19.0 Å². The summed E-state index contributed by atoms with van der Waals surface area (Å²) >= 11 is 0. The minimum absolute atomic E-state index is 0.116. The van der Waals surface area contributed by atoms with Gasteiger partial charge in [0.1, 0.15) is 11.6 Å². The zero-order valence-electron chi connectivity index (χ0n) is 12.3. The average Bonchev–Trinajstić information content (AvgIpc) is 2.48. The molecule has 2 aromatic rings. The Labute approximate surface area is 122 Å². The first-order valence-corrected chi connectivity index (χ1v) is 6.66. The molecule has 1 aromatic heterocycles. The number of nitrogen functional groups attached to an aromatic ring is 1. The maximum Gasteiger partial charge on any atom is 0.264 e. The molecule has 1 fully saturated rings. The van der Waals surface area contributed by atoms with Crippen LogP contribution in [-0.2, 0) is 9.59 Å². The Bertz CT molecular complexity index is 844. The Morgan fingerprint density at radius 3 is 2.90 bits per heavy atom. The predicted octanol–water partition coefficient (Wildman–Crippen LogP) is 1.15. The minimum Gasteiger partial charge on any atom is -0.398 e. The van der Waals surface area contributed by atoms with Gasteiger partial charge in [0.25, 0.3) is 5.56 Å². The lowest BCUT2D eigenvalue weighted by Crippen LogP contribution is -2.36. The van der Waals surface area contributed by atoms with Gasteiger partial charge in [-0.1, -0.05) is 6.07 Å². The van der Waals surface area contributed by atoms with Crippen molar-refractivity contribution in [3.05, 3.63) is 34.4 Å².